The average Bonchev–Trinajstić information content (AvgIpc) is 2.73. The number of aryl methyl sites for hydroxylation is 1. The zero-order valence-electron chi connectivity index (χ0n) is 9.74. The highest BCUT2D eigenvalue weighted by molar-refractivity contribution is 7.07. The molecule has 0 aromatic carbocycles. The van der Waals surface area contributed by atoms with Crippen LogP contribution in [-0.4, -0.2) is 13.2 Å². The van der Waals surface area contributed by atoms with Gasteiger partial charge in [0.25, 0.3) is 0 Å². The fourth-order valence-corrected chi connectivity index (χ4v) is 2.62. The first-order valence-corrected chi connectivity index (χ1v) is 6.87. The summed E-state index contributed by atoms with van der Waals surface area (Å²) in [6.07, 6.45) is 3.36. The van der Waals surface area contributed by atoms with Gasteiger partial charge in [0.05, 0.1) is 0 Å². The van der Waals surface area contributed by atoms with Crippen LogP contribution in [0.5, 0.6) is 0 Å². The molecule has 1 aliphatic heterocycles. The number of hydrogen-bond acceptors (Lipinski definition) is 2. The van der Waals surface area contributed by atoms with Crippen molar-refractivity contribution in [2.75, 3.05) is 13.2 Å². The van der Waals surface area contributed by atoms with Gasteiger partial charge in [-0.3, -0.25) is 0 Å². The molecule has 86 valence electrons. The Morgan fingerprint density at radius 2 is 2.12 bits per heavy atom. The van der Waals surface area contributed by atoms with Crippen LogP contribution in [-0.2, 0) is 11.2 Å². The third kappa shape index (κ3) is 2.83. The van der Waals surface area contributed by atoms with E-state index in [0.29, 0.717) is 0 Å². The Bertz CT molecular complexity index is 394. The van der Waals surface area contributed by atoms with E-state index in [9.17, 15) is 0 Å². The van der Waals surface area contributed by atoms with Crippen molar-refractivity contribution in [1.29, 1.82) is 0 Å². The Hall–Kier alpha value is -0.860. The first-order chi connectivity index (χ1) is 7.92. The minimum absolute atomic E-state index is 0.886. The number of rotatable bonds is 6. The summed E-state index contributed by atoms with van der Waals surface area (Å²) < 4.78 is 5.50. The Morgan fingerprint density at radius 3 is 3.00 bits per heavy atom. The summed E-state index contributed by atoms with van der Waals surface area (Å²) >= 11 is 1.77. The molecule has 2 rings (SSSR count). The van der Waals surface area contributed by atoms with Gasteiger partial charge in [-0.05, 0) is 52.8 Å². The zero-order valence-corrected chi connectivity index (χ0v) is 10.6. The van der Waals surface area contributed by atoms with Crippen LogP contribution in [0.4, 0.5) is 0 Å². The highest BCUT2D eigenvalue weighted by Crippen LogP contribution is 2.29. The highest BCUT2D eigenvalue weighted by atomic mass is 32.1. The number of ether oxygens (including phenoxy) is 1. The Morgan fingerprint density at radius 1 is 1.19 bits per heavy atom. The molecule has 0 saturated carbocycles. The molecule has 0 saturated heterocycles. The summed E-state index contributed by atoms with van der Waals surface area (Å²) in [7, 11) is 0. The summed E-state index contributed by atoms with van der Waals surface area (Å²) in [5.74, 6) is 0. The second-order valence-corrected chi connectivity index (χ2v) is 4.78. The second kappa shape index (κ2) is 6.02. The van der Waals surface area contributed by atoms with Gasteiger partial charge in [-0.2, -0.15) is 11.3 Å². The molecule has 2 heteroatoms. The highest BCUT2D eigenvalue weighted by Gasteiger charge is 2.07. The molecule has 0 aromatic heterocycles. The molecule has 1 aliphatic carbocycles. The lowest BCUT2D eigenvalue weighted by Crippen LogP contribution is -1.97. The minimum atomic E-state index is 0.886. The molecule has 1 nitrogen and oxygen atoms in total. The molecular weight excluding hydrogens is 216 g/mol. The van der Waals surface area contributed by atoms with Crippen LogP contribution in [0.2, 0.25) is 0 Å². The molecule has 0 radical (unpaired) electrons. The molecule has 0 atom stereocenters. The van der Waals surface area contributed by atoms with E-state index in [1.807, 2.05) is 0 Å². The van der Waals surface area contributed by atoms with E-state index in [1.165, 1.54) is 16.7 Å². The number of hydrogen-bond donors (Lipinski definition) is 0. The summed E-state index contributed by atoms with van der Waals surface area (Å²) in [6.45, 7) is 3.92. The lowest BCUT2D eigenvalue weighted by atomic mass is 10.1. The maximum absolute atomic E-state index is 5.50. The van der Waals surface area contributed by atoms with Crippen LogP contribution in [0, 0.1) is 0 Å². The molecular formula is C14H18OS. The Balaban J connectivity index is 1.86. The molecule has 0 N–H and O–H groups in total. The molecule has 2 aliphatic rings. The van der Waals surface area contributed by atoms with E-state index in [2.05, 4.69) is 35.9 Å². The number of fused-ring (bicyclic) bond motifs is 1. The largest absolute Gasteiger partial charge is 0.381 e. The normalized spacial score (nSPS) is 11.1. The van der Waals surface area contributed by atoms with E-state index >= 15 is 0 Å². The third-order valence-corrected chi connectivity index (χ3v) is 3.38. The van der Waals surface area contributed by atoms with Gasteiger partial charge in [0, 0.05) is 13.2 Å². The van der Waals surface area contributed by atoms with E-state index in [0.717, 1.165) is 32.5 Å². The lowest BCUT2D eigenvalue weighted by Gasteiger charge is -2.04. The van der Waals surface area contributed by atoms with Crippen molar-refractivity contribution in [3.63, 3.8) is 0 Å². The quantitative estimate of drug-likeness (QED) is 0.680. The fourth-order valence-electron chi connectivity index (χ4n) is 1.89. The minimum Gasteiger partial charge on any atom is -0.381 e. The van der Waals surface area contributed by atoms with Crippen LogP contribution in [0.1, 0.15) is 25.3 Å². The van der Waals surface area contributed by atoms with Crippen LogP contribution < -0.4 is 0 Å². The van der Waals surface area contributed by atoms with Crippen molar-refractivity contribution < 1.29 is 4.74 Å². The van der Waals surface area contributed by atoms with Gasteiger partial charge in [-0.15, -0.1) is 0 Å². The predicted molar refractivity (Wildman–Crippen MR) is 70.4 cm³/mol. The summed E-state index contributed by atoms with van der Waals surface area (Å²) in [5, 5.41) is 4.38. The molecule has 0 aromatic rings. The van der Waals surface area contributed by atoms with E-state index in [4.69, 9.17) is 4.74 Å². The van der Waals surface area contributed by atoms with E-state index in [1.54, 1.807) is 11.3 Å². The van der Waals surface area contributed by atoms with Crippen LogP contribution in [0.15, 0.2) is 29.0 Å². The summed E-state index contributed by atoms with van der Waals surface area (Å²) in [4.78, 5) is 0. The van der Waals surface area contributed by atoms with Gasteiger partial charge in [-0.25, -0.2) is 0 Å². The molecule has 0 amide bonds. The molecule has 0 spiro atoms. The first kappa shape index (κ1) is 11.6. The molecule has 1 heterocycles. The maximum Gasteiger partial charge on any atom is 0.0469 e. The molecule has 16 heavy (non-hydrogen) atoms. The molecule has 0 bridgehead atoms. The summed E-state index contributed by atoms with van der Waals surface area (Å²) in [5.41, 5.74) is 4.25. The topological polar surface area (TPSA) is 9.23 Å². The van der Waals surface area contributed by atoms with Crippen LogP contribution in [0.25, 0.3) is 11.1 Å². The fraction of sp³-hybridized carbons (Fsp3) is 0.429. The molecule has 0 fully saturated rings. The SMILES string of the molecule is CCCOCCCc1ccc2ccscc1-2. The predicted octanol–water partition coefficient (Wildman–Crippen LogP) is 4.21. The standard InChI is InChI=1S/C14H18OS/c1-2-8-15-9-3-4-12-5-6-13-7-10-16-11-14(12)13/h5-7,10-11H,2-4,8-9H2,1H3. The first-order valence-electron chi connectivity index (χ1n) is 5.93. The van der Waals surface area contributed by atoms with Crippen molar-refractivity contribution in [3.05, 3.63) is 34.5 Å². The molecule has 0 unspecified atom stereocenters. The van der Waals surface area contributed by atoms with Gasteiger partial charge in [-0.1, -0.05) is 19.1 Å². The van der Waals surface area contributed by atoms with Gasteiger partial charge in [0.1, 0.15) is 0 Å². The van der Waals surface area contributed by atoms with E-state index in [-0.39, 0.29) is 0 Å². The van der Waals surface area contributed by atoms with Gasteiger partial charge >= 0.3 is 0 Å². The lowest BCUT2D eigenvalue weighted by molar-refractivity contribution is 0.132. The maximum atomic E-state index is 5.50. The van der Waals surface area contributed by atoms with Crippen molar-refractivity contribution in [3.8, 4) is 11.1 Å². The Kier molecular flexibility index (Phi) is 4.37. The van der Waals surface area contributed by atoms with Crippen molar-refractivity contribution in [1.82, 2.24) is 0 Å². The average molecular weight is 234 g/mol. The van der Waals surface area contributed by atoms with Crippen LogP contribution in [0.3, 0.4) is 0 Å². The zero-order chi connectivity index (χ0) is 11.2. The van der Waals surface area contributed by atoms with Gasteiger partial charge in [0.15, 0.2) is 0 Å². The Labute approximate surface area is 101 Å². The van der Waals surface area contributed by atoms with E-state index < -0.39 is 0 Å². The third-order valence-electron chi connectivity index (χ3n) is 2.72. The van der Waals surface area contributed by atoms with Crippen molar-refractivity contribution >= 4 is 11.3 Å². The van der Waals surface area contributed by atoms with Crippen molar-refractivity contribution in [2.24, 2.45) is 0 Å². The summed E-state index contributed by atoms with van der Waals surface area (Å²) in [6, 6.07) is 6.65. The van der Waals surface area contributed by atoms with Crippen LogP contribution >= 0.6 is 11.3 Å². The second-order valence-electron chi connectivity index (χ2n) is 4.00. The monoisotopic (exact) mass is 234 g/mol. The van der Waals surface area contributed by atoms with Gasteiger partial charge in [0.2, 0.25) is 0 Å². The van der Waals surface area contributed by atoms with Gasteiger partial charge < -0.3 is 4.74 Å². The smallest absolute Gasteiger partial charge is 0.0469 e. The van der Waals surface area contributed by atoms with Crippen molar-refractivity contribution in [2.45, 2.75) is 26.2 Å².